The first-order chi connectivity index (χ1) is 10.9. The highest BCUT2D eigenvalue weighted by Gasteiger charge is 2.20. The van der Waals surface area contributed by atoms with E-state index in [0.29, 0.717) is 12.4 Å². The lowest BCUT2D eigenvalue weighted by Gasteiger charge is -2.21. The molecule has 1 aromatic rings. The summed E-state index contributed by atoms with van der Waals surface area (Å²) in [6.45, 7) is 8.61. The molecule has 0 aliphatic rings. The molecular weight excluding hydrogens is 296 g/mol. The number of unbranched alkanes of at least 4 members (excludes halogenated alkanes) is 1. The third-order valence-corrected chi connectivity index (χ3v) is 3.46. The number of urea groups is 1. The van der Waals surface area contributed by atoms with Gasteiger partial charge in [0.1, 0.15) is 12.9 Å². The normalized spacial score (nSPS) is 12.1. The van der Waals surface area contributed by atoms with E-state index in [-0.39, 0.29) is 30.6 Å². The molecule has 0 saturated carbocycles. The first-order valence-electron chi connectivity index (χ1n) is 8.04. The van der Waals surface area contributed by atoms with Gasteiger partial charge in [0.05, 0.1) is 6.04 Å². The predicted molar refractivity (Wildman–Crippen MR) is 87.9 cm³/mol. The van der Waals surface area contributed by atoms with Crippen molar-refractivity contribution in [2.75, 3.05) is 20.1 Å². The van der Waals surface area contributed by atoms with Crippen molar-refractivity contribution in [2.24, 2.45) is 0 Å². The molecule has 130 valence electrons. The van der Waals surface area contributed by atoms with Crippen LogP contribution in [0.4, 0.5) is 4.79 Å². The molecule has 1 rings (SSSR count). The SMILES string of the molecule is CCCCNC(=O)CN(C)C(=O)N[C@@H](C)c1nncn1C(C)C. The van der Waals surface area contributed by atoms with Crippen LogP contribution < -0.4 is 10.6 Å². The third-order valence-electron chi connectivity index (χ3n) is 3.46. The second kappa shape index (κ2) is 9.12. The number of aromatic nitrogens is 3. The fraction of sp³-hybridized carbons (Fsp3) is 0.733. The molecule has 0 bridgehead atoms. The van der Waals surface area contributed by atoms with E-state index in [1.54, 1.807) is 13.4 Å². The van der Waals surface area contributed by atoms with Crippen LogP contribution in [0, 0.1) is 0 Å². The van der Waals surface area contributed by atoms with Crippen molar-refractivity contribution < 1.29 is 9.59 Å². The van der Waals surface area contributed by atoms with Gasteiger partial charge in [0.2, 0.25) is 5.91 Å². The molecule has 0 spiro atoms. The van der Waals surface area contributed by atoms with Crippen LogP contribution in [0.25, 0.3) is 0 Å². The number of nitrogens with zero attached hydrogens (tertiary/aromatic N) is 4. The van der Waals surface area contributed by atoms with Crippen molar-refractivity contribution in [3.05, 3.63) is 12.2 Å². The summed E-state index contributed by atoms with van der Waals surface area (Å²) in [7, 11) is 1.59. The number of carbonyl (C=O) groups excluding carboxylic acids is 2. The van der Waals surface area contributed by atoms with Gasteiger partial charge in [0.15, 0.2) is 5.82 Å². The Hall–Kier alpha value is -2.12. The number of hydrogen-bond donors (Lipinski definition) is 2. The molecule has 0 aliphatic heterocycles. The highest BCUT2D eigenvalue weighted by Crippen LogP contribution is 2.14. The zero-order valence-electron chi connectivity index (χ0n) is 14.7. The Morgan fingerprint density at radius 2 is 2.04 bits per heavy atom. The van der Waals surface area contributed by atoms with Crippen molar-refractivity contribution in [1.29, 1.82) is 0 Å². The van der Waals surface area contributed by atoms with Crippen molar-refractivity contribution in [3.63, 3.8) is 0 Å². The summed E-state index contributed by atoms with van der Waals surface area (Å²) in [5, 5.41) is 13.6. The van der Waals surface area contributed by atoms with Crippen LogP contribution in [0.15, 0.2) is 6.33 Å². The standard InChI is InChI=1S/C15H28N6O2/c1-6-7-8-16-13(22)9-20(5)15(23)18-12(4)14-19-17-10-21(14)11(2)3/h10-12H,6-9H2,1-5H3,(H,16,22)(H,18,23)/t12-/m0/s1. The molecule has 0 aromatic carbocycles. The maximum Gasteiger partial charge on any atom is 0.318 e. The highest BCUT2D eigenvalue weighted by atomic mass is 16.2. The van der Waals surface area contributed by atoms with Crippen molar-refractivity contribution >= 4 is 11.9 Å². The molecule has 8 nitrogen and oxygen atoms in total. The fourth-order valence-corrected chi connectivity index (χ4v) is 2.07. The van der Waals surface area contributed by atoms with Crippen LogP contribution in [-0.4, -0.2) is 51.7 Å². The lowest BCUT2D eigenvalue weighted by atomic mass is 10.3. The van der Waals surface area contributed by atoms with Gasteiger partial charge in [0.25, 0.3) is 0 Å². The second-order valence-electron chi connectivity index (χ2n) is 5.92. The molecule has 2 N–H and O–H groups in total. The summed E-state index contributed by atoms with van der Waals surface area (Å²) in [5.41, 5.74) is 0. The van der Waals surface area contributed by atoms with Crippen molar-refractivity contribution in [2.45, 2.75) is 52.6 Å². The molecule has 0 unspecified atom stereocenters. The first kappa shape index (κ1) is 18.9. The second-order valence-corrected chi connectivity index (χ2v) is 5.92. The molecule has 0 aliphatic carbocycles. The Labute approximate surface area is 137 Å². The van der Waals surface area contributed by atoms with Crippen LogP contribution in [-0.2, 0) is 4.79 Å². The summed E-state index contributed by atoms with van der Waals surface area (Å²) in [4.78, 5) is 25.3. The van der Waals surface area contributed by atoms with E-state index in [1.165, 1.54) is 4.90 Å². The van der Waals surface area contributed by atoms with E-state index >= 15 is 0 Å². The topological polar surface area (TPSA) is 92.2 Å². The van der Waals surface area contributed by atoms with Crippen LogP contribution in [0.3, 0.4) is 0 Å². The van der Waals surface area contributed by atoms with Crippen LogP contribution in [0.2, 0.25) is 0 Å². The Balaban J connectivity index is 2.51. The molecule has 1 atom stereocenters. The minimum absolute atomic E-state index is 0.0269. The number of amides is 3. The van der Waals surface area contributed by atoms with Crippen LogP contribution in [0.5, 0.6) is 0 Å². The maximum absolute atomic E-state index is 12.2. The molecular formula is C15H28N6O2. The van der Waals surface area contributed by atoms with E-state index in [4.69, 9.17) is 0 Å². The smallest absolute Gasteiger partial charge is 0.318 e. The van der Waals surface area contributed by atoms with E-state index in [0.717, 1.165) is 12.8 Å². The zero-order chi connectivity index (χ0) is 17.4. The van der Waals surface area contributed by atoms with Gasteiger partial charge in [-0.25, -0.2) is 4.79 Å². The van der Waals surface area contributed by atoms with E-state index < -0.39 is 0 Å². The van der Waals surface area contributed by atoms with Gasteiger partial charge in [0, 0.05) is 19.6 Å². The first-order valence-corrected chi connectivity index (χ1v) is 8.04. The largest absolute Gasteiger partial charge is 0.355 e. The monoisotopic (exact) mass is 324 g/mol. The lowest BCUT2D eigenvalue weighted by Crippen LogP contribution is -2.44. The molecule has 0 radical (unpaired) electrons. The molecule has 1 aromatic heterocycles. The van der Waals surface area contributed by atoms with E-state index in [9.17, 15) is 9.59 Å². The zero-order valence-corrected chi connectivity index (χ0v) is 14.7. The lowest BCUT2D eigenvalue weighted by molar-refractivity contribution is -0.121. The summed E-state index contributed by atoms with van der Waals surface area (Å²) in [6.07, 6.45) is 3.60. The Morgan fingerprint density at radius 1 is 1.35 bits per heavy atom. The molecule has 3 amide bonds. The number of rotatable bonds is 8. The van der Waals surface area contributed by atoms with Gasteiger partial charge < -0.3 is 20.1 Å². The minimum Gasteiger partial charge on any atom is -0.355 e. The number of likely N-dealkylation sites (N-methyl/N-ethyl adjacent to an activating group) is 1. The Kier molecular flexibility index (Phi) is 7.50. The number of carbonyl (C=O) groups is 2. The Morgan fingerprint density at radius 3 is 2.65 bits per heavy atom. The van der Waals surface area contributed by atoms with Crippen LogP contribution in [0.1, 0.15) is 58.4 Å². The van der Waals surface area contributed by atoms with Gasteiger partial charge in [-0.3, -0.25) is 4.79 Å². The molecule has 23 heavy (non-hydrogen) atoms. The number of nitrogens with one attached hydrogen (secondary N) is 2. The summed E-state index contributed by atoms with van der Waals surface area (Å²) in [6, 6.07) is -0.402. The average Bonchev–Trinajstić information content (AvgIpc) is 2.97. The summed E-state index contributed by atoms with van der Waals surface area (Å²) in [5.74, 6) is 0.531. The van der Waals surface area contributed by atoms with Crippen molar-refractivity contribution in [1.82, 2.24) is 30.3 Å². The molecule has 1 heterocycles. The summed E-state index contributed by atoms with van der Waals surface area (Å²) < 4.78 is 1.91. The molecule has 0 fully saturated rings. The fourth-order valence-electron chi connectivity index (χ4n) is 2.07. The minimum atomic E-state index is -0.318. The van der Waals surface area contributed by atoms with E-state index in [1.807, 2.05) is 25.3 Å². The number of hydrogen-bond acceptors (Lipinski definition) is 4. The van der Waals surface area contributed by atoms with Gasteiger partial charge in [-0.05, 0) is 27.2 Å². The quantitative estimate of drug-likeness (QED) is 0.708. The van der Waals surface area contributed by atoms with Gasteiger partial charge in [-0.1, -0.05) is 13.3 Å². The molecule has 0 saturated heterocycles. The highest BCUT2D eigenvalue weighted by molar-refractivity contribution is 5.83. The molecule has 8 heteroatoms. The van der Waals surface area contributed by atoms with E-state index in [2.05, 4.69) is 27.8 Å². The van der Waals surface area contributed by atoms with Gasteiger partial charge >= 0.3 is 6.03 Å². The van der Waals surface area contributed by atoms with Crippen LogP contribution >= 0.6 is 0 Å². The van der Waals surface area contributed by atoms with Crippen molar-refractivity contribution in [3.8, 4) is 0 Å². The third kappa shape index (κ3) is 5.88. The average molecular weight is 324 g/mol. The van der Waals surface area contributed by atoms with Gasteiger partial charge in [-0.15, -0.1) is 10.2 Å². The summed E-state index contributed by atoms with van der Waals surface area (Å²) >= 11 is 0. The van der Waals surface area contributed by atoms with Gasteiger partial charge in [-0.2, -0.15) is 0 Å². The maximum atomic E-state index is 12.2. The predicted octanol–water partition coefficient (Wildman–Crippen LogP) is 1.48. The Bertz CT molecular complexity index is 514.